The normalized spacial score (nSPS) is 11.6. The molecule has 1 heterocycles. The molecule has 0 aliphatic carbocycles. The van der Waals surface area contributed by atoms with Crippen LogP contribution in [0.4, 0.5) is 4.39 Å². The highest BCUT2D eigenvalue weighted by atomic mass is 32.2. The molecule has 0 saturated heterocycles. The fraction of sp³-hybridized carbons (Fsp3) is 0.214. The molecular weight excluding hydrogens is 489 g/mol. The zero-order valence-electron chi connectivity index (χ0n) is 21.1. The summed E-state index contributed by atoms with van der Waals surface area (Å²) in [6.45, 7) is 6.52. The summed E-state index contributed by atoms with van der Waals surface area (Å²) >= 11 is 1.25. The molecular formula is C28H28FN5O2S. The van der Waals surface area contributed by atoms with Gasteiger partial charge in [-0.15, -0.1) is 10.2 Å². The molecule has 1 amide bonds. The van der Waals surface area contributed by atoms with Gasteiger partial charge in [0.1, 0.15) is 11.6 Å². The summed E-state index contributed by atoms with van der Waals surface area (Å²) in [6, 6.07) is 21.7. The van der Waals surface area contributed by atoms with Crippen molar-refractivity contribution in [3.05, 3.63) is 89.7 Å². The molecule has 0 aliphatic rings. The average molecular weight is 518 g/mol. The molecule has 7 nitrogen and oxygen atoms in total. The van der Waals surface area contributed by atoms with Crippen LogP contribution >= 0.6 is 11.8 Å². The second kappa shape index (κ2) is 11.4. The van der Waals surface area contributed by atoms with Gasteiger partial charge in [-0.25, -0.2) is 9.82 Å². The van der Waals surface area contributed by atoms with E-state index in [1.54, 1.807) is 19.2 Å². The standard InChI is InChI=1S/C28H28FN5O2S/c1-28(2,3)21-9-7-20(8-10-21)26-32-33-27(34(26)23-13-15-24(36-4)16-14-23)37-18-25(35)31-30-17-19-5-11-22(29)12-6-19/h5-17H,18H2,1-4H3,(H,31,35). The number of hydrazone groups is 1. The van der Waals surface area contributed by atoms with Gasteiger partial charge in [0.15, 0.2) is 11.0 Å². The summed E-state index contributed by atoms with van der Waals surface area (Å²) < 4.78 is 20.3. The lowest BCUT2D eigenvalue weighted by atomic mass is 9.87. The quantitative estimate of drug-likeness (QED) is 0.186. The van der Waals surface area contributed by atoms with Gasteiger partial charge in [0.25, 0.3) is 5.91 Å². The molecule has 4 aromatic rings. The number of hydrogen-bond donors (Lipinski definition) is 1. The Bertz CT molecular complexity index is 1380. The van der Waals surface area contributed by atoms with Crippen LogP contribution in [-0.2, 0) is 10.2 Å². The number of carbonyl (C=O) groups is 1. The largest absolute Gasteiger partial charge is 0.497 e. The van der Waals surface area contributed by atoms with Crippen molar-refractivity contribution in [3.63, 3.8) is 0 Å². The van der Waals surface area contributed by atoms with E-state index in [-0.39, 0.29) is 22.9 Å². The lowest BCUT2D eigenvalue weighted by Crippen LogP contribution is -2.20. The first kappa shape index (κ1) is 26.1. The molecule has 4 rings (SSSR count). The van der Waals surface area contributed by atoms with Gasteiger partial charge < -0.3 is 4.74 Å². The maximum atomic E-state index is 13.0. The smallest absolute Gasteiger partial charge is 0.250 e. The van der Waals surface area contributed by atoms with Crippen LogP contribution in [0, 0.1) is 5.82 Å². The summed E-state index contributed by atoms with van der Waals surface area (Å²) in [5.74, 6) is 0.855. The van der Waals surface area contributed by atoms with Crippen LogP contribution in [0.2, 0.25) is 0 Å². The number of thioether (sulfide) groups is 1. The molecule has 190 valence electrons. The van der Waals surface area contributed by atoms with Crippen LogP contribution < -0.4 is 10.2 Å². The van der Waals surface area contributed by atoms with Crippen LogP contribution in [0.1, 0.15) is 31.9 Å². The molecule has 0 aliphatic heterocycles. The first-order chi connectivity index (χ1) is 17.7. The van der Waals surface area contributed by atoms with Gasteiger partial charge in [-0.05, 0) is 52.9 Å². The van der Waals surface area contributed by atoms with Gasteiger partial charge in [0.2, 0.25) is 0 Å². The Morgan fingerprint density at radius 2 is 1.70 bits per heavy atom. The fourth-order valence-electron chi connectivity index (χ4n) is 3.52. The highest BCUT2D eigenvalue weighted by Crippen LogP contribution is 2.30. The highest BCUT2D eigenvalue weighted by Gasteiger charge is 2.19. The maximum absolute atomic E-state index is 13.0. The molecule has 9 heteroatoms. The number of aromatic nitrogens is 3. The molecule has 0 saturated carbocycles. The molecule has 0 radical (unpaired) electrons. The van der Waals surface area contributed by atoms with Gasteiger partial charge >= 0.3 is 0 Å². The van der Waals surface area contributed by atoms with E-state index < -0.39 is 0 Å². The predicted molar refractivity (Wildman–Crippen MR) is 145 cm³/mol. The Morgan fingerprint density at radius 1 is 1.03 bits per heavy atom. The minimum absolute atomic E-state index is 0.0374. The molecule has 0 fully saturated rings. The van der Waals surface area contributed by atoms with Crippen LogP contribution in [-0.4, -0.2) is 39.7 Å². The van der Waals surface area contributed by atoms with Crippen LogP contribution in [0.15, 0.2) is 83.1 Å². The van der Waals surface area contributed by atoms with Crippen LogP contribution in [0.25, 0.3) is 17.1 Å². The number of rotatable bonds is 8. The maximum Gasteiger partial charge on any atom is 0.250 e. The van der Waals surface area contributed by atoms with Crippen molar-refractivity contribution in [2.24, 2.45) is 5.10 Å². The minimum Gasteiger partial charge on any atom is -0.497 e. The van der Waals surface area contributed by atoms with Gasteiger partial charge in [0.05, 0.1) is 19.1 Å². The van der Waals surface area contributed by atoms with E-state index in [2.05, 4.69) is 53.6 Å². The van der Waals surface area contributed by atoms with Crippen molar-refractivity contribution in [1.82, 2.24) is 20.2 Å². The average Bonchev–Trinajstić information content (AvgIpc) is 3.32. The Morgan fingerprint density at radius 3 is 2.32 bits per heavy atom. The second-order valence-electron chi connectivity index (χ2n) is 9.30. The predicted octanol–water partition coefficient (Wildman–Crippen LogP) is 5.62. The van der Waals surface area contributed by atoms with Gasteiger partial charge in [-0.2, -0.15) is 5.10 Å². The summed E-state index contributed by atoms with van der Waals surface area (Å²) in [5.41, 5.74) is 6.19. The van der Waals surface area contributed by atoms with E-state index in [1.165, 1.54) is 35.7 Å². The molecule has 37 heavy (non-hydrogen) atoms. The summed E-state index contributed by atoms with van der Waals surface area (Å²) in [6.07, 6.45) is 1.46. The Kier molecular flexibility index (Phi) is 8.03. The van der Waals surface area contributed by atoms with E-state index in [0.29, 0.717) is 16.5 Å². The van der Waals surface area contributed by atoms with Gasteiger partial charge in [0, 0.05) is 11.3 Å². The third-order valence-electron chi connectivity index (χ3n) is 5.58. The molecule has 0 atom stereocenters. The van der Waals surface area contributed by atoms with Crippen LogP contribution in [0.5, 0.6) is 5.75 Å². The number of nitrogens with one attached hydrogen (secondary N) is 1. The third kappa shape index (κ3) is 6.62. The molecule has 0 unspecified atom stereocenters. The Hall–Kier alpha value is -3.98. The second-order valence-corrected chi connectivity index (χ2v) is 10.2. The van der Waals surface area contributed by atoms with Crippen molar-refractivity contribution in [2.45, 2.75) is 31.3 Å². The molecule has 3 aromatic carbocycles. The van der Waals surface area contributed by atoms with Crippen molar-refractivity contribution in [3.8, 4) is 22.8 Å². The molecule has 0 bridgehead atoms. The SMILES string of the molecule is COc1ccc(-n2c(SCC(=O)NN=Cc3ccc(F)cc3)nnc2-c2ccc(C(C)(C)C)cc2)cc1. The summed E-state index contributed by atoms with van der Waals surface area (Å²) in [5, 5.41) is 13.3. The number of nitrogens with zero attached hydrogens (tertiary/aromatic N) is 4. The fourth-order valence-corrected chi connectivity index (χ4v) is 4.27. The number of methoxy groups -OCH3 is 1. The summed E-state index contributed by atoms with van der Waals surface area (Å²) in [4.78, 5) is 12.4. The number of benzene rings is 3. The van der Waals surface area contributed by atoms with E-state index in [1.807, 2.05) is 41.0 Å². The number of amides is 1. The Labute approximate surface area is 219 Å². The van der Waals surface area contributed by atoms with Crippen molar-refractivity contribution in [2.75, 3.05) is 12.9 Å². The Balaban J connectivity index is 1.54. The van der Waals surface area contributed by atoms with Gasteiger partial charge in [-0.3, -0.25) is 9.36 Å². The number of hydrogen-bond acceptors (Lipinski definition) is 6. The topological polar surface area (TPSA) is 81.4 Å². The molecule has 1 N–H and O–H groups in total. The zero-order chi connectivity index (χ0) is 26.4. The number of ether oxygens (including phenoxy) is 1. The minimum atomic E-state index is -0.330. The molecule has 1 aromatic heterocycles. The number of carbonyl (C=O) groups excluding carboxylic acids is 1. The van der Waals surface area contributed by atoms with Gasteiger partial charge in [-0.1, -0.05) is 68.9 Å². The zero-order valence-corrected chi connectivity index (χ0v) is 21.9. The van der Waals surface area contributed by atoms with Crippen molar-refractivity contribution in [1.29, 1.82) is 0 Å². The van der Waals surface area contributed by atoms with E-state index in [9.17, 15) is 9.18 Å². The lowest BCUT2D eigenvalue weighted by molar-refractivity contribution is -0.118. The lowest BCUT2D eigenvalue weighted by Gasteiger charge is -2.19. The monoisotopic (exact) mass is 517 g/mol. The first-order valence-electron chi connectivity index (χ1n) is 11.7. The van der Waals surface area contributed by atoms with Crippen molar-refractivity contribution >= 4 is 23.9 Å². The van der Waals surface area contributed by atoms with Crippen molar-refractivity contribution < 1.29 is 13.9 Å². The van der Waals surface area contributed by atoms with Crippen LogP contribution in [0.3, 0.4) is 0 Å². The number of halogens is 1. The van der Waals surface area contributed by atoms with E-state index in [0.717, 1.165) is 17.0 Å². The summed E-state index contributed by atoms with van der Waals surface area (Å²) in [7, 11) is 1.62. The first-order valence-corrected chi connectivity index (χ1v) is 12.6. The van der Waals surface area contributed by atoms with E-state index >= 15 is 0 Å². The highest BCUT2D eigenvalue weighted by molar-refractivity contribution is 7.99. The third-order valence-corrected chi connectivity index (χ3v) is 6.51. The molecule has 0 spiro atoms. The van der Waals surface area contributed by atoms with E-state index in [4.69, 9.17) is 4.74 Å².